The van der Waals surface area contributed by atoms with E-state index in [0.29, 0.717) is 0 Å². The van der Waals surface area contributed by atoms with Crippen molar-refractivity contribution >= 4 is 15.9 Å². The van der Waals surface area contributed by atoms with Gasteiger partial charge in [0.05, 0.1) is 5.56 Å². The summed E-state index contributed by atoms with van der Waals surface area (Å²) < 4.78 is 73.0. The monoisotopic (exact) mass is 293 g/mol. The predicted octanol–water partition coefficient (Wildman–Crippen LogP) is 3.94. The SMILES string of the molecule is Fc1c(C(F)(F)F)cnc(Br)c1C(F)F. The molecule has 1 heterocycles. The number of pyridine rings is 1. The van der Waals surface area contributed by atoms with Crippen molar-refractivity contribution in [2.45, 2.75) is 12.6 Å². The topological polar surface area (TPSA) is 12.9 Å². The molecule has 0 spiro atoms. The minimum Gasteiger partial charge on any atom is -0.248 e. The van der Waals surface area contributed by atoms with E-state index in [2.05, 4.69) is 20.9 Å². The molecule has 0 saturated carbocycles. The van der Waals surface area contributed by atoms with Gasteiger partial charge in [0, 0.05) is 6.20 Å². The number of nitrogens with zero attached hydrogens (tertiary/aromatic N) is 1. The van der Waals surface area contributed by atoms with Crippen LogP contribution >= 0.6 is 15.9 Å². The van der Waals surface area contributed by atoms with Gasteiger partial charge in [-0.25, -0.2) is 18.2 Å². The first-order valence-electron chi connectivity index (χ1n) is 3.44. The average Bonchev–Trinajstić information content (AvgIpc) is 2.00. The predicted molar refractivity (Wildman–Crippen MR) is 41.9 cm³/mol. The van der Waals surface area contributed by atoms with Crippen molar-refractivity contribution in [1.29, 1.82) is 0 Å². The fraction of sp³-hybridized carbons (Fsp3) is 0.286. The molecule has 0 fully saturated rings. The van der Waals surface area contributed by atoms with E-state index in [1.165, 1.54) is 0 Å². The smallest absolute Gasteiger partial charge is 0.248 e. The third-order valence-electron chi connectivity index (χ3n) is 1.53. The Kier molecular flexibility index (Phi) is 3.27. The van der Waals surface area contributed by atoms with E-state index in [0.717, 1.165) is 0 Å². The Labute approximate surface area is 88.2 Å². The lowest BCUT2D eigenvalue weighted by molar-refractivity contribution is -0.140. The molecule has 1 aromatic heterocycles. The average molecular weight is 294 g/mol. The van der Waals surface area contributed by atoms with Crippen LogP contribution in [-0.2, 0) is 6.18 Å². The van der Waals surface area contributed by atoms with Crippen LogP contribution in [-0.4, -0.2) is 4.98 Å². The third kappa shape index (κ3) is 2.42. The fourth-order valence-electron chi connectivity index (χ4n) is 0.867. The Morgan fingerprint density at radius 3 is 2.20 bits per heavy atom. The lowest BCUT2D eigenvalue weighted by Crippen LogP contribution is -2.11. The number of rotatable bonds is 1. The molecule has 1 rings (SSSR count). The number of aromatic nitrogens is 1. The lowest BCUT2D eigenvalue weighted by atomic mass is 10.2. The molecule has 0 aliphatic rings. The Hall–Kier alpha value is -0.790. The molecule has 0 atom stereocenters. The molecular formula is C7H2BrF6N. The van der Waals surface area contributed by atoms with Crippen molar-refractivity contribution in [3.63, 3.8) is 0 Å². The second kappa shape index (κ2) is 3.99. The van der Waals surface area contributed by atoms with Crippen LogP contribution in [0.1, 0.15) is 17.6 Å². The minimum atomic E-state index is -5.04. The van der Waals surface area contributed by atoms with Gasteiger partial charge in [0.2, 0.25) is 0 Å². The summed E-state index contributed by atoms with van der Waals surface area (Å²) >= 11 is 2.45. The first-order chi connectivity index (χ1) is 6.75. The summed E-state index contributed by atoms with van der Waals surface area (Å²) in [6.45, 7) is 0. The maximum atomic E-state index is 13.0. The molecule has 8 heteroatoms. The number of hydrogen-bond acceptors (Lipinski definition) is 1. The van der Waals surface area contributed by atoms with Crippen molar-refractivity contribution in [2.75, 3.05) is 0 Å². The molecule has 0 N–H and O–H groups in total. The van der Waals surface area contributed by atoms with Gasteiger partial charge in [-0.15, -0.1) is 0 Å². The van der Waals surface area contributed by atoms with E-state index in [1.54, 1.807) is 0 Å². The highest BCUT2D eigenvalue weighted by molar-refractivity contribution is 9.10. The van der Waals surface area contributed by atoms with Gasteiger partial charge in [0.1, 0.15) is 16.0 Å². The Morgan fingerprint density at radius 2 is 1.80 bits per heavy atom. The van der Waals surface area contributed by atoms with Crippen LogP contribution in [0, 0.1) is 5.82 Å². The van der Waals surface area contributed by atoms with Gasteiger partial charge in [-0.3, -0.25) is 0 Å². The van der Waals surface area contributed by atoms with Crippen LogP contribution in [0.15, 0.2) is 10.8 Å². The molecular weight excluding hydrogens is 292 g/mol. The van der Waals surface area contributed by atoms with Crippen LogP contribution in [0.2, 0.25) is 0 Å². The summed E-state index contributed by atoms with van der Waals surface area (Å²) in [4.78, 5) is 3.00. The maximum absolute atomic E-state index is 13.0. The van der Waals surface area contributed by atoms with Crippen molar-refractivity contribution in [3.05, 3.63) is 27.7 Å². The van der Waals surface area contributed by atoms with Gasteiger partial charge in [-0.1, -0.05) is 0 Å². The molecule has 15 heavy (non-hydrogen) atoms. The van der Waals surface area contributed by atoms with Gasteiger partial charge in [0.25, 0.3) is 6.43 Å². The van der Waals surface area contributed by atoms with E-state index >= 15 is 0 Å². The highest BCUT2D eigenvalue weighted by Crippen LogP contribution is 2.36. The van der Waals surface area contributed by atoms with Gasteiger partial charge in [-0.05, 0) is 15.9 Å². The summed E-state index contributed by atoms with van der Waals surface area (Å²) in [5, 5.41) is 0. The fourth-order valence-corrected chi connectivity index (χ4v) is 1.32. The van der Waals surface area contributed by atoms with Crippen LogP contribution in [0.4, 0.5) is 26.3 Å². The van der Waals surface area contributed by atoms with Gasteiger partial charge < -0.3 is 0 Å². The van der Waals surface area contributed by atoms with Crippen molar-refractivity contribution in [2.24, 2.45) is 0 Å². The van der Waals surface area contributed by atoms with E-state index in [9.17, 15) is 26.3 Å². The standard InChI is InChI=1S/C7H2BrF6N/c8-5-3(6(10)11)4(9)2(1-15-5)7(12,13)14/h1,6H. The van der Waals surface area contributed by atoms with E-state index in [-0.39, 0.29) is 6.20 Å². The third-order valence-corrected chi connectivity index (χ3v) is 2.16. The van der Waals surface area contributed by atoms with Crippen molar-refractivity contribution in [1.82, 2.24) is 4.98 Å². The van der Waals surface area contributed by atoms with Crippen molar-refractivity contribution in [3.8, 4) is 0 Å². The molecule has 0 aliphatic carbocycles. The molecule has 0 aliphatic heterocycles. The summed E-state index contributed by atoms with van der Waals surface area (Å²) in [6, 6.07) is 0. The molecule has 0 saturated heterocycles. The largest absolute Gasteiger partial charge is 0.420 e. The quantitative estimate of drug-likeness (QED) is 0.564. The Balaban J connectivity index is 3.42. The number of alkyl halides is 5. The Bertz CT molecular complexity index is 374. The minimum absolute atomic E-state index is 0.158. The Morgan fingerprint density at radius 1 is 1.27 bits per heavy atom. The summed E-state index contributed by atoms with van der Waals surface area (Å²) in [6.07, 6.45) is -8.25. The molecule has 0 radical (unpaired) electrons. The summed E-state index contributed by atoms with van der Waals surface area (Å²) in [5.74, 6) is -2.00. The molecule has 1 aromatic rings. The molecule has 0 amide bonds. The summed E-state index contributed by atoms with van der Waals surface area (Å²) in [7, 11) is 0. The second-order valence-corrected chi connectivity index (χ2v) is 3.24. The van der Waals surface area contributed by atoms with Gasteiger partial charge in [0.15, 0.2) is 0 Å². The zero-order chi connectivity index (χ0) is 11.8. The van der Waals surface area contributed by atoms with Crippen LogP contribution < -0.4 is 0 Å². The van der Waals surface area contributed by atoms with Gasteiger partial charge in [-0.2, -0.15) is 13.2 Å². The summed E-state index contributed by atoms with van der Waals surface area (Å²) in [5.41, 5.74) is -3.19. The number of hydrogen-bond donors (Lipinski definition) is 0. The normalized spacial score (nSPS) is 12.3. The number of halogens is 7. The molecule has 0 aromatic carbocycles. The molecule has 0 unspecified atom stereocenters. The second-order valence-electron chi connectivity index (χ2n) is 2.49. The highest BCUT2D eigenvalue weighted by Gasteiger charge is 2.37. The molecule has 84 valence electrons. The van der Waals surface area contributed by atoms with E-state index < -0.39 is 34.1 Å². The first kappa shape index (κ1) is 12.3. The maximum Gasteiger partial charge on any atom is 0.420 e. The van der Waals surface area contributed by atoms with Gasteiger partial charge >= 0.3 is 6.18 Å². The highest BCUT2D eigenvalue weighted by atomic mass is 79.9. The molecule has 1 nitrogen and oxygen atoms in total. The van der Waals surface area contributed by atoms with Crippen LogP contribution in [0.3, 0.4) is 0 Å². The first-order valence-corrected chi connectivity index (χ1v) is 4.23. The zero-order valence-corrected chi connectivity index (χ0v) is 8.33. The van der Waals surface area contributed by atoms with E-state index in [4.69, 9.17) is 0 Å². The molecule has 0 bridgehead atoms. The zero-order valence-electron chi connectivity index (χ0n) is 6.75. The van der Waals surface area contributed by atoms with Crippen molar-refractivity contribution < 1.29 is 26.3 Å². The van der Waals surface area contributed by atoms with Crippen LogP contribution in [0.25, 0.3) is 0 Å². The van der Waals surface area contributed by atoms with E-state index in [1.807, 2.05) is 0 Å². The lowest BCUT2D eigenvalue weighted by Gasteiger charge is -2.11. The van der Waals surface area contributed by atoms with Crippen LogP contribution in [0.5, 0.6) is 0 Å².